The summed E-state index contributed by atoms with van der Waals surface area (Å²) >= 11 is 1.60. The molecule has 0 spiro atoms. The van der Waals surface area contributed by atoms with E-state index in [1.54, 1.807) is 17.4 Å². The highest BCUT2D eigenvalue weighted by molar-refractivity contribution is 7.09. The van der Waals surface area contributed by atoms with Crippen LogP contribution >= 0.6 is 11.3 Å². The van der Waals surface area contributed by atoms with Crippen molar-refractivity contribution in [2.75, 3.05) is 32.8 Å². The van der Waals surface area contributed by atoms with Crippen molar-refractivity contribution < 1.29 is 9.53 Å². The first-order chi connectivity index (χ1) is 12.7. The minimum atomic E-state index is 0.0741. The van der Waals surface area contributed by atoms with Crippen LogP contribution in [0.4, 0.5) is 0 Å². The van der Waals surface area contributed by atoms with E-state index in [0.717, 1.165) is 62.2 Å². The van der Waals surface area contributed by atoms with E-state index in [1.165, 1.54) is 11.1 Å². The molecular formula is C20H23N3O2S. The van der Waals surface area contributed by atoms with Gasteiger partial charge in [-0.1, -0.05) is 12.1 Å². The predicted octanol–water partition coefficient (Wildman–Crippen LogP) is 2.74. The second kappa shape index (κ2) is 7.60. The monoisotopic (exact) mass is 369 g/mol. The highest BCUT2D eigenvalue weighted by Gasteiger charge is 2.20. The molecule has 6 heteroatoms. The molecule has 5 nitrogen and oxygen atoms in total. The number of hydrogen-bond acceptors (Lipinski definition) is 5. The molecule has 3 heterocycles. The Bertz CT molecular complexity index is 822. The van der Waals surface area contributed by atoms with Crippen molar-refractivity contribution in [3.05, 3.63) is 51.5 Å². The quantitative estimate of drug-likeness (QED) is 0.778. The number of aromatic nitrogens is 1. The van der Waals surface area contributed by atoms with Gasteiger partial charge in [-0.2, -0.15) is 0 Å². The Labute approximate surface area is 157 Å². The Balaban J connectivity index is 1.28. The molecule has 2 aliphatic rings. The molecule has 2 aliphatic heterocycles. The van der Waals surface area contributed by atoms with Gasteiger partial charge in [0.05, 0.1) is 17.3 Å². The smallest absolute Gasteiger partial charge is 0.246 e. The second-order valence-corrected chi connectivity index (χ2v) is 7.83. The molecule has 0 radical (unpaired) electrons. The summed E-state index contributed by atoms with van der Waals surface area (Å²) < 4.78 is 5.57. The largest absolute Gasteiger partial charge is 0.493 e. The molecular weight excluding hydrogens is 346 g/mol. The molecule has 0 atom stereocenters. The molecule has 4 rings (SSSR count). The average Bonchev–Trinajstić information content (AvgIpc) is 3.28. The number of amides is 1. The summed E-state index contributed by atoms with van der Waals surface area (Å²) in [7, 11) is 0. The van der Waals surface area contributed by atoms with Gasteiger partial charge in [0.2, 0.25) is 5.91 Å². The van der Waals surface area contributed by atoms with Gasteiger partial charge in [0.25, 0.3) is 0 Å². The summed E-state index contributed by atoms with van der Waals surface area (Å²) in [5.74, 6) is 1.11. The highest BCUT2D eigenvalue weighted by Crippen LogP contribution is 2.26. The van der Waals surface area contributed by atoms with Crippen molar-refractivity contribution in [2.24, 2.45) is 0 Å². The summed E-state index contributed by atoms with van der Waals surface area (Å²) in [5.41, 5.74) is 3.51. The summed E-state index contributed by atoms with van der Waals surface area (Å²) in [5, 5.41) is 2.99. The van der Waals surface area contributed by atoms with Gasteiger partial charge in [0, 0.05) is 50.6 Å². The van der Waals surface area contributed by atoms with Crippen molar-refractivity contribution >= 4 is 23.3 Å². The third-order valence-electron chi connectivity index (χ3n) is 4.88. The lowest BCUT2D eigenvalue weighted by Gasteiger charge is -2.34. The first-order valence-corrected chi connectivity index (χ1v) is 9.91. The number of hydrogen-bond donors (Lipinski definition) is 0. The molecule has 1 amide bonds. The number of fused-ring (bicyclic) bond motifs is 1. The van der Waals surface area contributed by atoms with Crippen molar-refractivity contribution in [2.45, 2.75) is 19.9 Å². The number of thiazole rings is 1. The lowest BCUT2D eigenvalue weighted by Crippen LogP contribution is -2.47. The van der Waals surface area contributed by atoms with E-state index in [2.05, 4.69) is 28.1 Å². The fraction of sp³-hybridized carbons (Fsp3) is 0.400. The zero-order chi connectivity index (χ0) is 17.9. The molecule has 1 fully saturated rings. The summed E-state index contributed by atoms with van der Waals surface area (Å²) in [6.07, 6.45) is 4.46. The molecule has 26 heavy (non-hydrogen) atoms. The molecule has 1 aromatic heterocycles. The minimum Gasteiger partial charge on any atom is -0.493 e. The number of carbonyl (C=O) groups is 1. The van der Waals surface area contributed by atoms with Crippen LogP contribution in [-0.4, -0.2) is 53.5 Å². The number of ether oxygens (including phenoxy) is 1. The molecule has 1 saturated heterocycles. The van der Waals surface area contributed by atoms with Gasteiger partial charge in [-0.05, 0) is 30.2 Å². The Morgan fingerprint density at radius 2 is 2.15 bits per heavy atom. The maximum Gasteiger partial charge on any atom is 0.246 e. The number of aryl methyl sites for hydroxylation is 1. The zero-order valence-electron chi connectivity index (χ0n) is 15.0. The minimum absolute atomic E-state index is 0.0741. The van der Waals surface area contributed by atoms with Crippen molar-refractivity contribution in [1.82, 2.24) is 14.8 Å². The Morgan fingerprint density at radius 3 is 2.92 bits per heavy atom. The van der Waals surface area contributed by atoms with Gasteiger partial charge < -0.3 is 9.64 Å². The zero-order valence-corrected chi connectivity index (χ0v) is 15.8. The lowest BCUT2D eigenvalue weighted by molar-refractivity contribution is -0.127. The van der Waals surface area contributed by atoms with Gasteiger partial charge >= 0.3 is 0 Å². The van der Waals surface area contributed by atoms with Crippen LogP contribution < -0.4 is 4.74 Å². The van der Waals surface area contributed by atoms with Crippen LogP contribution in [0.1, 0.15) is 21.8 Å². The Kier molecular flexibility index (Phi) is 5.04. The average molecular weight is 369 g/mol. The maximum atomic E-state index is 12.4. The molecule has 0 N–H and O–H groups in total. The highest BCUT2D eigenvalue weighted by atomic mass is 32.1. The first-order valence-electron chi connectivity index (χ1n) is 9.03. The number of benzene rings is 1. The van der Waals surface area contributed by atoms with E-state index in [1.807, 2.05) is 23.3 Å². The van der Waals surface area contributed by atoms with Crippen LogP contribution in [0.3, 0.4) is 0 Å². The van der Waals surface area contributed by atoms with Crippen molar-refractivity contribution in [1.29, 1.82) is 0 Å². The number of piperazine rings is 1. The standard InChI is InChI=1S/C20H23N3O2S/c1-15-21-18(14-26-15)3-5-20(24)23-9-7-22(8-10-23)13-16-2-4-19-17(12-16)6-11-25-19/h2-5,12,14H,6-11,13H2,1H3/b5-3+. The van der Waals surface area contributed by atoms with Gasteiger partial charge in [-0.25, -0.2) is 4.98 Å². The lowest BCUT2D eigenvalue weighted by atomic mass is 10.1. The first kappa shape index (κ1) is 17.2. The topological polar surface area (TPSA) is 45.7 Å². The normalized spacial score (nSPS) is 17.5. The van der Waals surface area contributed by atoms with Gasteiger partial charge in [-0.15, -0.1) is 11.3 Å². The van der Waals surface area contributed by atoms with Gasteiger partial charge in [0.1, 0.15) is 5.75 Å². The number of nitrogens with zero attached hydrogens (tertiary/aromatic N) is 3. The molecule has 1 aromatic carbocycles. The van der Waals surface area contributed by atoms with E-state index in [9.17, 15) is 4.79 Å². The third kappa shape index (κ3) is 3.97. The Hall–Kier alpha value is -2.18. The fourth-order valence-electron chi connectivity index (χ4n) is 3.44. The van der Waals surface area contributed by atoms with E-state index in [4.69, 9.17) is 4.74 Å². The van der Waals surface area contributed by atoms with Crippen LogP contribution in [0.15, 0.2) is 29.7 Å². The molecule has 0 unspecified atom stereocenters. The van der Waals surface area contributed by atoms with Gasteiger partial charge in [0.15, 0.2) is 0 Å². The summed E-state index contributed by atoms with van der Waals surface area (Å²) in [6, 6.07) is 6.50. The molecule has 0 bridgehead atoms. The van der Waals surface area contributed by atoms with E-state index in [0.29, 0.717) is 0 Å². The van der Waals surface area contributed by atoms with Crippen molar-refractivity contribution in [3.8, 4) is 5.75 Å². The number of rotatable bonds is 4. The SMILES string of the molecule is Cc1nc(/C=C/C(=O)N2CCN(Cc3ccc4c(c3)CCO4)CC2)cs1. The van der Waals surface area contributed by atoms with Crippen LogP contribution in [0.5, 0.6) is 5.75 Å². The Morgan fingerprint density at radius 1 is 1.31 bits per heavy atom. The van der Waals surface area contributed by atoms with E-state index >= 15 is 0 Å². The van der Waals surface area contributed by atoms with Gasteiger partial charge in [-0.3, -0.25) is 9.69 Å². The van der Waals surface area contributed by atoms with Crippen LogP contribution in [0, 0.1) is 6.92 Å². The van der Waals surface area contributed by atoms with Crippen LogP contribution in [-0.2, 0) is 17.8 Å². The van der Waals surface area contributed by atoms with Crippen molar-refractivity contribution in [3.63, 3.8) is 0 Å². The van der Waals surface area contributed by atoms with E-state index < -0.39 is 0 Å². The maximum absolute atomic E-state index is 12.4. The second-order valence-electron chi connectivity index (χ2n) is 6.77. The molecule has 2 aromatic rings. The number of carbonyl (C=O) groups excluding carboxylic acids is 1. The summed E-state index contributed by atoms with van der Waals surface area (Å²) in [6.45, 7) is 7.06. The van der Waals surface area contributed by atoms with Crippen LogP contribution in [0.25, 0.3) is 6.08 Å². The molecule has 136 valence electrons. The fourth-order valence-corrected chi connectivity index (χ4v) is 4.02. The molecule has 0 aliphatic carbocycles. The van der Waals surface area contributed by atoms with E-state index in [-0.39, 0.29) is 5.91 Å². The summed E-state index contributed by atoms with van der Waals surface area (Å²) in [4.78, 5) is 21.0. The van der Waals surface area contributed by atoms with Crippen LogP contribution in [0.2, 0.25) is 0 Å². The molecule has 0 saturated carbocycles. The third-order valence-corrected chi connectivity index (χ3v) is 5.67. The predicted molar refractivity (Wildman–Crippen MR) is 103 cm³/mol.